The third kappa shape index (κ3) is 2.38. The molecule has 0 aromatic heterocycles. The number of aromatic hydroxyl groups is 1. The molecule has 1 aromatic rings. The van der Waals surface area contributed by atoms with Gasteiger partial charge in [0.25, 0.3) is 0 Å². The maximum atomic E-state index is 8.86. The van der Waals surface area contributed by atoms with E-state index in [4.69, 9.17) is 5.11 Å². The monoisotopic (exact) mass is 196 g/mol. The Labute approximate surface area is 80.0 Å². The molecule has 0 bridgehead atoms. The smallest absolute Gasteiger partial charge is 0.0102 e. The van der Waals surface area contributed by atoms with Crippen LogP contribution in [0.5, 0.6) is 5.75 Å². The van der Waals surface area contributed by atoms with Crippen LogP contribution in [0.25, 0.3) is 0 Å². The number of phenolic OH excluding ortho intramolecular Hbond substituents is 1. The molecule has 0 aliphatic heterocycles. The number of benzene rings is 1. The molecule has 0 aliphatic rings. The fraction of sp³-hybridized carbons (Fsp3) is 0. The maximum Gasteiger partial charge on any atom is 0.0102 e. The van der Waals surface area contributed by atoms with Gasteiger partial charge in [0.05, 0.1) is 0 Å². The van der Waals surface area contributed by atoms with Gasteiger partial charge in [0, 0.05) is 38.5 Å². The topological polar surface area (TPSA) is 20.2 Å². The molecular weight excluding hydrogens is 189 g/mol. The molecule has 1 aromatic carbocycles. The fourth-order valence-corrected chi connectivity index (χ4v) is 0.511. The van der Waals surface area contributed by atoms with Crippen molar-refractivity contribution in [3.63, 3.8) is 0 Å². The summed E-state index contributed by atoms with van der Waals surface area (Å²) in [6, 6.07) is 6.98. The van der Waals surface area contributed by atoms with Gasteiger partial charge in [0.2, 0.25) is 0 Å². The molecule has 9 heavy (non-hydrogen) atoms. The molecule has 1 rings (SSSR count). The van der Waals surface area contributed by atoms with Gasteiger partial charge in [-0.25, -0.2) is 0 Å². The van der Waals surface area contributed by atoms with E-state index in [0.29, 0.717) is 5.56 Å². The summed E-state index contributed by atoms with van der Waals surface area (Å²) in [6.45, 7) is 3.57. The Kier molecular flexibility index (Phi) is 3.91. The fourth-order valence-electron chi connectivity index (χ4n) is 0.511. The Balaban J connectivity index is 0.000000640. The predicted octanol–water partition coefficient (Wildman–Crippen LogP) is 1.57. The van der Waals surface area contributed by atoms with E-state index < -0.39 is 0 Å². The van der Waals surface area contributed by atoms with E-state index >= 15 is 0 Å². The molecule has 0 fully saturated rings. The molecule has 2 heteroatoms. The number of rotatable bonds is 0. The molecular formula is C7H7OY-. The van der Waals surface area contributed by atoms with E-state index in [1.165, 1.54) is 0 Å². The third-order valence-corrected chi connectivity index (χ3v) is 0.992. The van der Waals surface area contributed by atoms with E-state index in [1.54, 1.807) is 18.2 Å². The zero-order chi connectivity index (χ0) is 5.98. The Morgan fingerprint density at radius 3 is 2.11 bits per heavy atom. The van der Waals surface area contributed by atoms with E-state index in [0.717, 1.165) is 0 Å². The van der Waals surface area contributed by atoms with Crippen molar-refractivity contribution in [1.29, 1.82) is 0 Å². The number of phenols is 1. The van der Waals surface area contributed by atoms with Crippen LogP contribution >= 0.6 is 0 Å². The second kappa shape index (κ2) is 3.91. The van der Waals surface area contributed by atoms with Crippen molar-refractivity contribution < 1.29 is 37.8 Å². The summed E-state index contributed by atoms with van der Waals surface area (Å²) >= 11 is 0. The van der Waals surface area contributed by atoms with Gasteiger partial charge >= 0.3 is 0 Å². The Morgan fingerprint density at radius 1 is 1.22 bits per heavy atom. The average Bonchev–Trinajstić information content (AvgIpc) is 1.77. The summed E-state index contributed by atoms with van der Waals surface area (Å²) < 4.78 is 0. The van der Waals surface area contributed by atoms with Gasteiger partial charge in [-0.3, -0.25) is 0 Å². The molecule has 0 saturated carbocycles. The van der Waals surface area contributed by atoms with Gasteiger partial charge < -0.3 is 5.11 Å². The summed E-state index contributed by atoms with van der Waals surface area (Å²) in [5, 5.41) is 8.86. The predicted molar refractivity (Wildman–Crippen MR) is 32.6 cm³/mol. The Morgan fingerprint density at radius 2 is 1.78 bits per heavy atom. The molecule has 45 valence electrons. The first-order valence-corrected chi connectivity index (χ1v) is 2.40. The zero-order valence-electron chi connectivity index (χ0n) is 5.04. The van der Waals surface area contributed by atoms with E-state index in [-0.39, 0.29) is 38.5 Å². The van der Waals surface area contributed by atoms with E-state index in [2.05, 4.69) is 6.92 Å². The standard InChI is InChI=1S/C7H7O.Y/c1-6-4-2-3-5-7(6)8;/h2-5,8H,1H2;/q-1;. The van der Waals surface area contributed by atoms with Crippen LogP contribution in [0.15, 0.2) is 24.3 Å². The van der Waals surface area contributed by atoms with E-state index in [1.807, 2.05) is 6.07 Å². The first-order chi connectivity index (χ1) is 3.80. The van der Waals surface area contributed by atoms with Gasteiger partial charge in [0.15, 0.2) is 0 Å². The van der Waals surface area contributed by atoms with Crippen LogP contribution in [-0.4, -0.2) is 5.11 Å². The summed E-state index contributed by atoms with van der Waals surface area (Å²) in [4.78, 5) is 0. The molecule has 0 atom stereocenters. The van der Waals surface area contributed by atoms with Crippen molar-refractivity contribution in [3.8, 4) is 5.75 Å². The summed E-state index contributed by atoms with van der Waals surface area (Å²) in [5.74, 6) is 0.257. The Bertz CT molecular complexity index is 165. The van der Waals surface area contributed by atoms with Crippen LogP contribution in [-0.2, 0) is 32.7 Å². The largest absolute Gasteiger partial charge is 0.565 e. The van der Waals surface area contributed by atoms with E-state index in [9.17, 15) is 0 Å². The van der Waals surface area contributed by atoms with Crippen LogP contribution in [0.3, 0.4) is 0 Å². The minimum atomic E-state index is 0. The quantitative estimate of drug-likeness (QED) is 0.624. The normalized spacial score (nSPS) is 8.00. The molecule has 1 N–H and O–H groups in total. The SMILES string of the molecule is [CH2-]c1ccccc1O.[Y]. The molecule has 1 nitrogen and oxygen atoms in total. The van der Waals surface area contributed by atoms with Crippen LogP contribution in [0, 0.1) is 6.92 Å². The second-order valence-corrected chi connectivity index (χ2v) is 1.63. The maximum absolute atomic E-state index is 8.86. The average molecular weight is 196 g/mol. The van der Waals surface area contributed by atoms with Crippen molar-refractivity contribution >= 4 is 0 Å². The number of hydrogen-bond donors (Lipinski definition) is 1. The van der Waals surface area contributed by atoms with Crippen molar-refractivity contribution in [2.24, 2.45) is 0 Å². The van der Waals surface area contributed by atoms with Crippen LogP contribution in [0.4, 0.5) is 0 Å². The van der Waals surface area contributed by atoms with Crippen LogP contribution in [0.1, 0.15) is 5.56 Å². The third-order valence-electron chi connectivity index (χ3n) is 0.992. The Hall–Kier alpha value is -0.00610. The van der Waals surface area contributed by atoms with Gasteiger partial charge in [0.1, 0.15) is 0 Å². The van der Waals surface area contributed by atoms with Gasteiger partial charge in [-0.2, -0.15) is 18.6 Å². The van der Waals surface area contributed by atoms with Crippen LogP contribution < -0.4 is 0 Å². The molecule has 0 saturated heterocycles. The molecule has 0 unspecified atom stereocenters. The number of hydrogen-bond acceptors (Lipinski definition) is 1. The molecule has 0 spiro atoms. The van der Waals surface area contributed by atoms with Gasteiger partial charge in [-0.15, -0.1) is 6.07 Å². The zero-order valence-corrected chi connectivity index (χ0v) is 7.88. The van der Waals surface area contributed by atoms with Crippen molar-refractivity contribution in [1.82, 2.24) is 0 Å². The van der Waals surface area contributed by atoms with Crippen LogP contribution in [0.2, 0.25) is 0 Å². The molecule has 1 radical (unpaired) electrons. The van der Waals surface area contributed by atoms with Gasteiger partial charge in [-0.1, -0.05) is 12.1 Å². The summed E-state index contributed by atoms with van der Waals surface area (Å²) in [5.41, 5.74) is 0.674. The minimum absolute atomic E-state index is 0. The first-order valence-electron chi connectivity index (χ1n) is 2.40. The number of para-hydroxylation sites is 1. The first kappa shape index (κ1) is 8.99. The molecule has 0 aliphatic carbocycles. The molecule has 0 amide bonds. The minimum Gasteiger partial charge on any atom is -0.565 e. The van der Waals surface area contributed by atoms with Crippen molar-refractivity contribution in [2.45, 2.75) is 0 Å². The van der Waals surface area contributed by atoms with Crippen molar-refractivity contribution in [3.05, 3.63) is 36.8 Å². The molecule has 0 heterocycles. The van der Waals surface area contributed by atoms with Crippen molar-refractivity contribution in [2.75, 3.05) is 0 Å². The summed E-state index contributed by atoms with van der Waals surface area (Å²) in [7, 11) is 0. The summed E-state index contributed by atoms with van der Waals surface area (Å²) in [6.07, 6.45) is 0. The van der Waals surface area contributed by atoms with Gasteiger partial charge in [-0.05, 0) is 0 Å². The second-order valence-electron chi connectivity index (χ2n) is 1.63.